The summed E-state index contributed by atoms with van der Waals surface area (Å²) in [6.45, 7) is 0. The van der Waals surface area contributed by atoms with Crippen molar-refractivity contribution in [3.63, 3.8) is 0 Å². The molecule has 0 amide bonds. The van der Waals surface area contributed by atoms with E-state index >= 15 is 0 Å². The second kappa shape index (κ2) is 5.39. The van der Waals surface area contributed by atoms with Gasteiger partial charge in [-0.05, 0) is 36.4 Å². The molecule has 7 heteroatoms. The monoisotopic (exact) mass is 284 g/mol. The normalized spacial score (nSPS) is 10.3. The molecule has 2 aromatic rings. The average Bonchev–Trinajstić information content (AvgIpc) is 2.48. The molecule has 0 bridgehead atoms. The lowest BCUT2D eigenvalue weighted by Crippen LogP contribution is -2.13. The molecule has 0 radical (unpaired) electrons. The van der Waals surface area contributed by atoms with E-state index in [9.17, 15) is 8.42 Å². The summed E-state index contributed by atoms with van der Waals surface area (Å²) in [6, 6.07) is 12.4. The Hall–Kier alpha value is -2.90. The first-order chi connectivity index (χ1) is 9.55. The first-order valence-electron chi connectivity index (χ1n) is 5.44. The third-order valence-electron chi connectivity index (χ3n) is 2.43. The van der Waals surface area contributed by atoms with E-state index < -0.39 is 10.0 Å². The maximum atomic E-state index is 12.1. The van der Waals surface area contributed by atoms with Crippen molar-refractivity contribution in [1.82, 2.24) is 4.98 Å². The number of anilines is 1. The minimum Gasteiger partial charge on any atom is -0.280 e. The number of aromatic nitrogens is 1. The molecule has 1 heterocycles. The standard InChI is InChI=1S/C13H8N4O2S/c14-7-10-1-3-11(4-2-10)17-20(18,19)13-6-5-12(8-15)16-9-13/h1-6,9,17H. The van der Waals surface area contributed by atoms with Crippen molar-refractivity contribution in [2.45, 2.75) is 4.90 Å². The summed E-state index contributed by atoms with van der Waals surface area (Å²) in [5.41, 5.74) is 0.920. The van der Waals surface area contributed by atoms with Crippen molar-refractivity contribution in [3.05, 3.63) is 53.9 Å². The summed E-state index contributed by atoms with van der Waals surface area (Å²) in [7, 11) is -3.76. The quantitative estimate of drug-likeness (QED) is 0.921. The van der Waals surface area contributed by atoms with Crippen LogP contribution in [0.4, 0.5) is 5.69 Å². The molecule has 0 aliphatic rings. The molecule has 0 fully saturated rings. The van der Waals surface area contributed by atoms with E-state index in [0.29, 0.717) is 11.3 Å². The van der Waals surface area contributed by atoms with Gasteiger partial charge in [0.05, 0.1) is 11.6 Å². The third-order valence-corrected chi connectivity index (χ3v) is 3.79. The van der Waals surface area contributed by atoms with Crippen LogP contribution in [0.15, 0.2) is 47.5 Å². The maximum Gasteiger partial charge on any atom is 0.263 e. The zero-order chi connectivity index (χ0) is 14.6. The van der Waals surface area contributed by atoms with E-state index in [0.717, 1.165) is 6.20 Å². The molecule has 0 saturated heterocycles. The number of nitrogens with one attached hydrogen (secondary N) is 1. The number of pyridine rings is 1. The van der Waals surface area contributed by atoms with E-state index in [-0.39, 0.29) is 10.6 Å². The van der Waals surface area contributed by atoms with Gasteiger partial charge in [-0.2, -0.15) is 10.5 Å². The van der Waals surface area contributed by atoms with Crippen LogP contribution in [0, 0.1) is 22.7 Å². The Morgan fingerprint density at radius 1 is 1.00 bits per heavy atom. The number of hydrogen-bond donors (Lipinski definition) is 1. The molecule has 0 saturated carbocycles. The van der Waals surface area contributed by atoms with Gasteiger partial charge in [-0.15, -0.1) is 0 Å². The lowest BCUT2D eigenvalue weighted by atomic mass is 10.2. The van der Waals surface area contributed by atoms with Gasteiger partial charge in [0.15, 0.2) is 0 Å². The molecule has 0 aliphatic carbocycles. The zero-order valence-electron chi connectivity index (χ0n) is 10.1. The summed E-state index contributed by atoms with van der Waals surface area (Å²) in [6.07, 6.45) is 1.12. The highest BCUT2D eigenvalue weighted by atomic mass is 32.2. The number of hydrogen-bond acceptors (Lipinski definition) is 5. The fourth-order valence-electron chi connectivity index (χ4n) is 1.43. The van der Waals surface area contributed by atoms with Crippen LogP contribution < -0.4 is 4.72 Å². The topological polar surface area (TPSA) is 107 Å². The predicted octanol–water partition coefficient (Wildman–Crippen LogP) is 1.63. The van der Waals surface area contributed by atoms with Crippen LogP contribution in [0.5, 0.6) is 0 Å². The number of benzene rings is 1. The molecule has 0 atom stereocenters. The summed E-state index contributed by atoms with van der Waals surface area (Å²) in [5.74, 6) is 0. The number of sulfonamides is 1. The van der Waals surface area contributed by atoms with Crippen molar-refractivity contribution in [3.8, 4) is 12.1 Å². The molecule has 1 N–H and O–H groups in total. The zero-order valence-corrected chi connectivity index (χ0v) is 10.9. The average molecular weight is 284 g/mol. The van der Waals surface area contributed by atoms with Gasteiger partial charge in [0.25, 0.3) is 10.0 Å². The predicted molar refractivity (Wildman–Crippen MR) is 70.9 cm³/mol. The van der Waals surface area contributed by atoms with E-state index in [2.05, 4.69) is 9.71 Å². The Kier molecular flexibility index (Phi) is 3.65. The van der Waals surface area contributed by atoms with Gasteiger partial charge in [0.1, 0.15) is 16.7 Å². The third kappa shape index (κ3) is 2.91. The lowest BCUT2D eigenvalue weighted by Gasteiger charge is -2.07. The van der Waals surface area contributed by atoms with Crippen LogP contribution in [-0.4, -0.2) is 13.4 Å². The fraction of sp³-hybridized carbons (Fsp3) is 0. The summed E-state index contributed by atoms with van der Waals surface area (Å²) in [4.78, 5) is 3.67. The molecule has 20 heavy (non-hydrogen) atoms. The molecule has 0 spiro atoms. The van der Waals surface area contributed by atoms with Gasteiger partial charge in [0.2, 0.25) is 0 Å². The van der Waals surface area contributed by atoms with Gasteiger partial charge in [0, 0.05) is 11.9 Å². The van der Waals surface area contributed by atoms with E-state index in [1.807, 2.05) is 12.1 Å². The molecule has 0 unspecified atom stereocenters. The van der Waals surface area contributed by atoms with Crippen molar-refractivity contribution >= 4 is 15.7 Å². The Morgan fingerprint density at radius 2 is 1.70 bits per heavy atom. The molecule has 2 rings (SSSR count). The maximum absolute atomic E-state index is 12.1. The molecular formula is C13H8N4O2S. The minimum atomic E-state index is -3.76. The fourth-order valence-corrected chi connectivity index (χ4v) is 2.44. The van der Waals surface area contributed by atoms with E-state index in [1.54, 1.807) is 0 Å². The Morgan fingerprint density at radius 3 is 2.20 bits per heavy atom. The summed E-state index contributed by atoms with van der Waals surface area (Å²) in [5, 5.41) is 17.3. The van der Waals surface area contributed by atoms with E-state index in [4.69, 9.17) is 10.5 Å². The second-order valence-electron chi connectivity index (χ2n) is 3.79. The first-order valence-corrected chi connectivity index (χ1v) is 6.92. The van der Waals surface area contributed by atoms with Crippen LogP contribution in [0.25, 0.3) is 0 Å². The lowest BCUT2D eigenvalue weighted by molar-refractivity contribution is 0.601. The Bertz CT molecular complexity index is 797. The summed E-state index contributed by atoms with van der Waals surface area (Å²) < 4.78 is 26.5. The van der Waals surface area contributed by atoms with Gasteiger partial charge in [-0.1, -0.05) is 0 Å². The van der Waals surface area contributed by atoms with Gasteiger partial charge < -0.3 is 0 Å². The first kappa shape index (κ1) is 13.5. The van der Waals surface area contributed by atoms with Crippen LogP contribution in [0.1, 0.15) is 11.3 Å². The van der Waals surface area contributed by atoms with Crippen LogP contribution >= 0.6 is 0 Å². The highest BCUT2D eigenvalue weighted by molar-refractivity contribution is 7.92. The van der Waals surface area contributed by atoms with Crippen LogP contribution in [0.2, 0.25) is 0 Å². The molecule has 0 aliphatic heterocycles. The highest BCUT2D eigenvalue weighted by Crippen LogP contribution is 2.16. The molecule has 98 valence electrons. The SMILES string of the molecule is N#Cc1ccc(NS(=O)(=O)c2ccc(C#N)nc2)cc1. The van der Waals surface area contributed by atoms with Gasteiger partial charge in [-0.25, -0.2) is 13.4 Å². The minimum absolute atomic E-state index is 0.0409. The highest BCUT2D eigenvalue weighted by Gasteiger charge is 2.14. The molecule has 1 aromatic heterocycles. The van der Waals surface area contributed by atoms with Crippen molar-refractivity contribution < 1.29 is 8.42 Å². The van der Waals surface area contributed by atoms with Gasteiger partial charge in [-0.3, -0.25) is 4.72 Å². The van der Waals surface area contributed by atoms with E-state index in [1.165, 1.54) is 36.4 Å². The largest absolute Gasteiger partial charge is 0.280 e. The van der Waals surface area contributed by atoms with Crippen LogP contribution in [0.3, 0.4) is 0 Å². The number of rotatable bonds is 3. The van der Waals surface area contributed by atoms with Crippen LogP contribution in [-0.2, 0) is 10.0 Å². The second-order valence-corrected chi connectivity index (χ2v) is 5.47. The van der Waals surface area contributed by atoms with Crippen molar-refractivity contribution in [2.75, 3.05) is 4.72 Å². The summed E-state index contributed by atoms with van der Waals surface area (Å²) >= 11 is 0. The Balaban J connectivity index is 2.26. The van der Waals surface area contributed by atoms with Crippen molar-refractivity contribution in [1.29, 1.82) is 10.5 Å². The molecule has 6 nitrogen and oxygen atoms in total. The van der Waals surface area contributed by atoms with Gasteiger partial charge >= 0.3 is 0 Å². The van der Waals surface area contributed by atoms with Crippen molar-refractivity contribution in [2.24, 2.45) is 0 Å². The molecule has 1 aromatic carbocycles. The Labute approximate surface area is 116 Å². The molecular weight excluding hydrogens is 276 g/mol. The smallest absolute Gasteiger partial charge is 0.263 e. The number of nitriles is 2. The number of nitrogens with zero attached hydrogens (tertiary/aromatic N) is 3.